The van der Waals surface area contributed by atoms with E-state index in [1.807, 2.05) is 0 Å². The van der Waals surface area contributed by atoms with E-state index in [0.29, 0.717) is 0 Å². The van der Waals surface area contributed by atoms with Gasteiger partial charge in [0, 0.05) is 0 Å². The normalized spacial score (nSPS) is 13.7. The molecule has 2 N–H and O–H groups in total. The zero-order valence-corrected chi connectivity index (χ0v) is 7.80. The average Bonchev–Trinajstić information content (AvgIpc) is 1.79. The zero-order valence-electron chi connectivity index (χ0n) is 6.99. The molecule has 0 aliphatic rings. The summed E-state index contributed by atoms with van der Waals surface area (Å²) >= 11 is -2.53. The minimum absolute atomic E-state index is 0.662. The Morgan fingerprint density at radius 3 is 2.33 bits per heavy atom. The molecule has 7 heteroatoms. The number of hydroxylamine groups is 1. The van der Waals surface area contributed by atoms with E-state index in [9.17, 15) is 9.00 Å². The fourth-order valence-corrected chi connectivity index (χ4v) is 0.508. The van der Waals surface area contributed by atoms with Crippen molar-refractivity contribution in [3.63, 3.8) is 0 Å². The van der Waals surface area contributed by atoms with Crippen LogP contribution in [0.3, 0.4) is 0 Å². The zero-order chi connectivity index (χ0) is 9.78. The van der Waals surface area contributed by atoms with Gasteiger partial charge < -0.3 is 4.74 Å². The average molecular weight is 197 g/mol. The highest BCUT2D eigenvalue weighted by molar-refractivity contribution is 7.74. The minimum Gasteiger partial charge on any atom is -0.442 e. The smallest absolute Gasteiger partial charge is 0.432 e. The van der Waals surface area contributed by atoms with Crippen LogP contribution in [0, 0.1) is 0 Å². The van der Waals surface area contributed by atoms with Crippen molar-refractivity contribution in [2.24, 2.45) is 0 Å². The summed E-state index contributed by atoms with van der Waals surface area (Å²) in [5.41, 5.74) is 0.965. The van der Waals surface area contributed by atoms with E-state index < -0.39 is 23.1 Å². The molecular weight excluding hydrogens is 186 g/mol. The monoisotopic (exact) mass is 197 g/mol. The summed E-state index contributed by atoms with van der Waals surface area (Å²) in [5, 5.41) is 0. The van der Waals surface area contributed by atoms with Gasteiger partial charge in [0.25, 0.3) is 0 Å². The van der Waals surface area contributed by atoms with Crippen molar-refractivity contribution >= 4 is 17.5 Å². The molecule has 0 bridgehead atoms. The third-order valence-corrected chi connectivity index (χ3v) is 0.821. The Morgan fingerprint density at radius 1 is 1.50 bits per heavy atom. The lowest BCUT2D eigenvalue weighted by Crippen LogP contribution is -2.32. The highest BCUT2D eigenvalue weighted by Gasteiger charge is 2.16. The maximum Gasteiger partial charge on any atom is 0.432 e. The molecule has 0 aliphatic heterocycles. The van der Waals surface area contributed by atoms with Crippen molar-refractivity contribution in [1.82, 2.24) is 5.48 Å². The molecule has 0 heterocycles. The summed E-state index contributed by atoms with van der Waals surface area (Å²) in [7, 11) is 0. The van der Waals surface area contributed by atoms with Crippen molar-refractivity contribution in [2.75, 3.05) is 0 Å². The van der Waals surface area contributed by atoms with Crippen LogP contribution >= 0.6 is 0 Å². The van der Waals surface area contributed by atoms with Crippen molar-refractivity contribution < 1.29 is 22.6 Å². The fraction of sp³-hybridized carbons (Fsp3) is 0.800. The van der Waals surface area contributed by atoms with Crippen LogP contribution in [0.5, 0.6) is 0 Å². The van der Waals surface area contributed by atoms with Crippen LogP contribution in [0.25, 0.3) is 0 Å². The van der Waals surface area contributed by atoms with Gasteiger partial charge in [-0.05, 0) is 20.8 Å². The molecule has 0 saturated carbocycles. The number of hydrogen-bond acceptors (Lipinski definition) is 4. The van der Waals surface area contributed by atoms with Gasteiger partial charge in [-0.15, -0.1) is 4.28 Å². The molecular formula is C5H11NO5S. The maximum absolute atomic E-state index is 10.7. The SMILES string of the molecule is CC(C)(C)OC(=O)NOS(=O)O. The standard InChI is InChI=1S/C5H11NO5S/c1-5(2,3)10-4(7)6-11-12(8)9/h1-3H3,(H,6,7)(H,8,9). The molecule has 0 aromatic carbocycles. The van der Waals surface area contributed by atoms with Crippen molar-refractivity contribution in [3.05, 3.63) is 0 Å². The second-order valence-corrected chi connectivity index (χ2v) is 3.51. The third-order valence-electron chi connectivity index (χ3n) is 0.595. The first-order valence-corrected chi connectivity index (χ1v) is 4.11. The van der Waals surface area contributed by atoms with Crippen molar-refractivity contribution in [1.29, 1.82) is 0 Å². The molecule has 0 rings (SSSR count). The van der Waals surface area contributed by atoms with Crippen LogP contribution in [-0.2, 0) is 20.4 Å². The minimum atomic E-state index is -2.53. The molecule has 6 nitrogen and oxygen atoms in total. The Morgan fingerprint density at radius 2 is 2.00 bits per heavy atom. The van der Waals surface area contributed by atoms with E-state index in [4.69, 9.17) is 4.55 Å². The Bertz CT molecular complexity index is 187. The lowest BCUT2D eigenvalue weighted by Gasteiger charge is -2.18. The van der Waals surface area contributed by atoms with Gasteiger partial charge >= 0.3 is 17.5 Å². The summed E-state index contributed by atoms with van der Waals surface area (Å²) in [6.07, 6.45) is -0.912. The van der Waals surface area contributed by atoms with Gasteiger partial charge in [-0.25, -0.2) is 4.79 Å². The topological polar surface area (TPSA) is 84.9 Å². The largest absolute Gasteiger partial charge is 0.442 e. The Labute approximate surface area is 72.7 Å². The highest BCUT2D eigenvalue weighted by Crippen LogP contribution is 2.06. The van der Waals surface area contributed by atoms with E-state index in [1.54, 1.807) is 26.3 Å². The third kappa shape index (κ3) is 7.45. The van der Waals surface area contributed by atoms with Crippen molar-refractivity contribution in [2.45, 2.75) is 26.4 Å². The Hall–Kier alpha value is -0.660. The van der Waals surface area contributed by atoms with Gasteiger partial charge in [-0.2, -0.15) is 9.69 Å². The predicted octanol–water partition coefficient (Wildman–Crippen LogP) is 0.579. The van der Waals surface area contributed by atoms with Crippen LogP contribution in [0.1, 0.15) is 20.8 Å². The number of nitrogens with one attached hydrogen (secondary N) is 1. The van der Waals surface area contributed by atoms with E-state index in [1.165, 1.54) is 0 Å². The second kappa shape index (κ2) is 4.39. The summed E-state index contributed by atoms with van der Waals surface area (Å²) in [6.45, 7) is 4.97. The Balaban J connectivity index is 3.68. The lowest BCUT2D eigenvalue weighted by molar-refractivity contribution is 0.0295. The van der Waals surface area contributed by atoms with Crippen LogP contribution in [0.2, 0.25) is 0 Å². The van der Waals surface area contributed by atoms with E-state index >= 15 is 0 Å². The van der Waals surface area contributed by atoms with Crippen LogP contribution in [-0.4, -0.2) is 20.5 Å². The van der Waals surface area contributed by atoms with Crippen LogP contribution in [0.15, 0.2) is 0 Å². The van der Waals surface area contributed by atoms with Crippen LogP contribution < -0.4 is 5.48 Å². The van der Waals surface area contributed by atoms with E-state index in [-0.39, 0.29) is 0 Å². The maximum atomic E-state index is 10.7. The van der Waals surface area contributed by atoms with Gasteiger partial charge in [0.05, 0.1) is 0 Å². The first-order chi connectivity index (χ1) is 5.31. The van der Waals surface area contributed by atoms with Gasteiger partial charge in [0.1, 0.15) is 5.60 Å². The summed E-state index contributed by atoms with van der Waals surface area (Å²) in [4.78, 5) is 10.7. The molecule has 12 heavy (non-hydrogen) atoms. The Kier molecular flexibility index (Phi) is 4.15. The summed E-state index contributed by atoms with van der Waals surface area (Å²) < 4.78 is 26.5. The fourth-order valence-electron chi connectivity index (χ4n) is 0.369. The van der Waals surface area contributed by atoms with Gasteiger partial charge in [-0.3, -0.25) is 4.55 Å². The summed E-state index contributed by atoms with van der Waals surface area (Å²) in [5.74, 6) is 0. The first-order valence-electron chi connectivity index (χ1n) is 3.08. The number of amides is 1. The molecule has 1 unspecified atom stereocenters. The molecule has 0 aromatic heterocycles. The van der Waals surface area contributed by atoms with Gasteiger partial charge in [-0.1, -0.05) is 0 Å². The molecule has 0 aromatic rings. The van der Waals surface area contributed by atoms with Crippen LogP contribution in [0.4, 0.5) is 4.79 Å². The summed E-state index contributed by atoms with van der Waals surface area (Å²) in [6, 6.07) is 0. The van der Waals surface area contributed by atoms with Crippen molar-refractivity contribution in [3.8, 4) is 0 Å². The lowest BCUT2D eigenvalue weighted by atomic mass is 10.2. The number of ether oxygens (including phenoxy) is 1. The number of carbonyl (C=O) groups is 1. The quantitative estimate of drug-likeness (QED) is 0.499. The molecule has 1 atom stereocenters. The number of hydrogen-bond donors (Lipinski definition) is 2. The first kappa shape index (κ1) is 11.3. The molecule has 1 amide bonds. The highest BCUT2D eigenvalue weighted by atomic mass is 32.2. The van der Waals surface area contributed by atoms with Gasteiger partial charge in [0.15, 0.2) is 0 Å². The predicted molar refractivity (Wildman–Crippen MR) is 41.2 cm³/mol. The molecule has 0 aliphatic carbocycles. The molecule has 0 fully saturated rings. The van der Waals surface area contributed by atoms with E-state index in [0.717, 1.165) is 0 Å². The van der Waals surface area contributed by atoms with E-state index in [2.05, 4.69) is 9.02 Å². The molecule has 72 valence electrons. The second-order valence-electron chi connectivity index (χ2n) is 2.90. The van der Waals surface area contributed by atoms with Gasteiger partial charge in [0.2, 0.25) is 0 Å². The number of carbonyl (C=O) groups excluding carboxylic acids is 1. The molecule has 0 radical (unpaired) electrons. The number of rotatable bonds is 2. The molecule has 0 saturated heterocycles. The molecule has 0 spiro atoms.